The number of rotatable bonds is 7. The summed E-state index contributed by atoms with van der Waals surface area (Å²) in [4.78, 5) is 13.3. The van der Waals surface area contributed by atoms with Crippen molar-refractivity contribution in [2.24, 2.45) is 0 Å². The van der Waals surface area contributed by atoms with E-state index in [9.17, 15) is 13.6 Å². The fourth-order valence-corrected chi connectivity index (χ4v) is 1.66. The van der Waals surface area contributed by atoms with Crippen LogP contribution in [0.5, 0.6) is 0 Å². The van der Waals surface area contributed by atoms with Gasteiger partial charge in [-0.2, -0.15) is 0 Å². The van der Waals surface area contributed by atoms with Crippen molar-refractivity contribution < 1.29 is 18.3 Å². The molecule has 1 saturated heterocycles. The Morgan fingerprint density at radius 3 is 3.00 bits per heavy atom. The van der Waals surface area contributed by atoms with Crippen LogP contribution >= 0.6 is 0 Å². The number of halogens is 2. The Balaban J connectivity index is 2.16. The molecule has 0 saturated carbocycles. The van der Waals surface area contributed by atoms with Gasteiger partial charge in [-0.05, 0) is 6.42 Å². The zero-order valence-corrected chi connectivity index (χ0v) is 9.42. The highest BCUT2D eigenvalue weighted by molar-refractivity contribution is 5.83. The van der Waals surface area contributed by atoms with Crippen LogP contribution < -0.4 is 5.32 Å². The van der Waals surface area contributed by atoms with Gasteiger partial charge in [0.15, 0.2) is 0 Å². The Labute approximate surface area is 93.9 Å². The molecule has 0 aromatic carbocycles. The quantitative estimate of drug-likeness (QED) is 0.666. The first-order valence-corrected chi connectivity index (χ1v) is 5.53. The van der Waals surface area contributed by atoms with E-state index in [1.807, 2.05) is 6.92 Å². The van der Waals surface area contributed by atoms with Crippen LogP contribution in [0.1, 0.15) is 19.8 Å². The molecular formula is C10H18F2N2O2. The molecule has 1 unspecified atom stereocenters. The predicted molar refractivity (Wildman–Crippen MR) is 55.2 cm³/mol. The van der Waals surface area contributed by atoms with Crippen molar-refractivity contribution in [3.63, 3.8) is 0 Å². The van der Waals surface area contributed by atoms with Crippen LogP contribution in [0.25, 0.3) is 0 Å². The Morgan fingerprint density at radius 1 is 1.62 bits per heavy atom. The van der Waals surface area contributed by atoms with Gasteiger partial charge in [0.2, 0.25) is 5.91 Å². The molecule has 0 aliphatic carbocycles. The van der Waals surface area contributed by atoms with Gasteiger partial charge in [0, 0.05) is 6.54 Å². The van der Waals surface area contributed by atoms with Crippen LogP contribution in [0.4, 0.5) is 8.78 Å². The second kappa shape index (κ2) is 6.75. The van der Waals surface area contributed by atoms with Crippen LogP contribution in [-0.2, 0) is 9.53 Å². The second-order valence-corrected chi connectivity index (χ2v) is 3.77. The van der Waals surface area contributed by atoms with E-state index in [1.165, 1.54) is 0 Å². The molecule has 1 aliphatic heterocycles. The van der Waals surface area contributed by atoms with Crippen LogP contribution in [0.3, 0.4) is 0 Å². The normalized spacial score (nSPS) is 21.1. The van der Waals surface area contributed by atoms with Gasteiger partial charge in [-0.3, -0.25) is 10.1 Å². The Morgan fingerprint density at radius 2 is 2.38 bits per heavy atom. The molecule has 6 heteroatoms. The number of hydrogen-bond acceptors (Lipinski definition) is 3. The number of amides is 1. The molecule has 94 valence electrons. The first-order valence-electron chi connectivity index (χ1n) is 5.53. The molecule has 0 radical (unpaired) electrons. The molecule has 1 fully saturated rings. The molecule has 0 bridgehead atoms. The Hall–Kier alpha value is -0.750. The highest BCUT2D eigenvalue weighted by Gasteiger charge is 2.29. The molecule has 1 heterocycles. The van der Waals surface area contributed by atoms with E-state index < -0.39 is 13.0 Å². The molecule has 0 aromatic heterocycles. The van der Waals surface area contributed by atoms with Gasteiger partial charge in [-0.15, -0.1) is 0 Å². The standard InChI is InChI=1S/C10H18F2N2O2/c1-2-3-8-10(15)14(7-13-8)4-5-16-6-9(11)12/h8-9,13H,2-7H2,1H3. The SMILES string of the molecule is CCCC1NCN(CCOCC(F)F)C1=O. The number of hydrogen-bond donors (Lipinski definition) is 1. The van der Waals surface area contributed by atoms with Gasteiger partial charge in [0.05, 0.1) is 19.3 Å². The molecule has 1 atom stereocenters. The molecule has 1 amide bonds. The molecule has 1 rings (SSSR count). The molecule has 4 nitrogen and oxygen atoms in total. The van der Waals surface area contributed by atoms with Crippen molar-refractivity contribution in [3.8, 4) is 0 Å². The summed E-state index contributed by atoms with van der Waals surface area (Å²) in [7, 11) is 0. The lowest BCUT2D eigenvalue weighted by Crippen LogP contribution is -2.32. The summed E-state index contributed by atoms with van der Waals surface area (Å²) >= 11 is 0. The monoisotopic (exact) mass is 236 g/mol. The number of ether oxygens (including phenoxy) is 1. The van der Waals surface area contributed by atoms with Crippen molar-refractivity contribution in [2.45, 2.75) is 32.2 Å². The fourth-order valence-electron chi connectivity index (χ4n) is 1.66. The van der Waals surface area contributed by atoms with Crippen LogP contribution in [0.15, 0.2) is 0 Å². The molecule has 1 aliphatic rings. The number of alkyl halides is 2. The summed E-state index contributed by atoms with van der Waals surface area (Å²) in [5, 5.41) is 3.08. The maximum atomic E-state index is 11.8. The number of nitrogens with zero attached hydrogens (tertiary/aromatic N) is 1. The van der Waals surface area contributed by atoms with E-state index in [2.05, 4.69) is 5.32 Å². The van der Waals surface area contributed by atoms with Gasteiger partial charge in [-0.25, -0.2) is 8.78 Å². The highest BCUT2D eigenvalue weighted by atomic mass is 19.3. The number of carbonyl (C=O) groups is 1. The molecule has 16 heavy (non-hydrogen) atoms. The molecule has 0 aromatic rings. The van der Waals surface area contributed by atoms with Gasteiger partial charge in [0.25, 0.3) is 6.43 Å². The van der Waals surface area contributed by atoms with E-state index in [0.29, 0.717) is 13.2 Å². The van der Waals surface area contributed by atoms with Crippen molar-refractivity contribution in [3.05, 3.63) is 0 Å². The van der Waals surface area contributed by atoms with Crippen molar-refractivity contribution in [1.82, 2.24) is 10.2 Å². The van der Waals surface area contributed by atoms with Crippen molar-refractivity contribution in [1.29, 1.82) is 0 Å². The molecular weight excluding hydrogens is 218 g/mol. The summed E-state index contributed by atoms with van der Waals surface area (Å²) in [5.74, 6) is 0.0440. The van der Waals surface area contributed by atoms with Gasteiger partial charge < -0.3 is 9.64 Å². The lowest BCUT2D eigenvalue weighted by molar-refractivity contribution is -0.129. The fraction of sp³-hybridized carbons (Fsp3) is 0.900. The first-order chi connectivity index (χ1) is 7.65. The maximum Gasteiger partial charge on any atom is 0.261 e. The van der Waals surface area contributed by atoms with Crippen LogP contribution in [0, 0.1) is 0 Å². The Kier molecular flexibility index (Phi) is 5.62. The van der Waals surface area contributed by atoms with E-state index in [0.717, 1.165) is 12.8 Å². The zero-order chi connectivity index (χ0) is 12.0. The van der Waals surface area contributed by atoms with Crippen LogP contribution in [0.2, 0.25) is 0 Å². The lowest BCUT2D eigenvalue weighted by Gasteiger charge is -2.15. The second-order valence-electron chi connectivity index (χ2n) is 3.77. The van der Waals surface area contributed by atoms with Crippen molar-refractivity contribution in [2.75, 3.05) is 26.4 Å². The molecule has 1 N–H and O–H groups in total. The largest absolute Gasteiger partial charge is 0.374 e. The maximum absolute atomic E-state index is 11.8. The summed E-state index contributed by atoms with van der Waals surface area (Å²) in [6.07, 6.45) is -0.688. The average molecular weight is 236 g/mol. The Bertz CT molecular complexity index is 227. The summed E-state index contributed by atoms with van der Waals surface area (Å²) in [6, 6.07) is -0.111. The topological polar surface area (TPSA) is 41.6 Å². The zero-order valence-electron chi connectivity index (χ0n) is 9.42. The lowest BCUT2D eigenvalue weighted by atomic mass is 10.2. The van der Waals surface area contributed by atoms with Gasteiger partial charge in [0.1, 0.15) is 6.61 Å². The van der Waals surface area contributed by atoms with E-state index in [-0.39, 0.29) is 18.6 Å². The third-order valence-electron chi connectivity index (χ3n) is 2.47. The smallest absolute Gasteiger partial charge is 0.261 e. The minimum absolute atomic E-state index is 0.0440. The minimum atomic E-state index is -2.44. The minimum Gasteiger partial charge on any atom is -0.374 e. The summed E-state index contributed by atoms with van der Waals surface area (Å²) < 4.78 is 28.2. The average Bonchev–Trinajstić information content (AvgIpc) is 2.57. The van der Waals surface area contributed by atoms with Crippen molar-refractivity contribution >= 4 is 5.91 Å². The van der Waals surface area contributed by atoms with E-state index in [4.69, 9.17) is 4.74 Å². The first kappa shape index (κ1) is 13.3. The van der Waals surface area contributed by atoms with Gasteiger partial charge >= 0.3 is 0 Å². The summed E-state index contributed by atoms with van der Waals surface area (Å²) in [5.41, 5.74) is 0. The van der Waals surface area contributed by atoms with E-state index in [1.54, 1.807) is 4.90 Å². The molecule has 0 spiro atoms. The van der Waals surface area contributed by atoms with Gasteiger partial charge in [-0.1, -0.05) is 13.3 Å². The predicted octanol–water partition coefficient (Wildman–Crippen LogP) is 0.826. The third kappa shape index (κ3) is 4.02. The number of nitrogens with one attached hydrogen (secondary N) is 1. The number of carbonyl (C=O) groups excluding carboxylic acids is 1. The highest BCUT2D eigenvalue weighted by Crippen LogP contribution is 2.08. The van der Waals surface area contributed by atoms with Crippen LogP contribution in [-0.4, -0.2) is 49.7 Å². The third-order valence-corrected chi connectivity index (χ3v) is 2.47. The summed E-state index contributed by atoms with van der Waals surface area (Å²) in [6.45, 7) is 2.48. The van der Waals surface area contributed by atoms with E-state index >= 15 is 0 Å².